The molecule has 0 aliphatic rings. The predicted octanol–water partition coefficient (Wildman–Crippen LogP) is 4.99. The zero-order valence-electron chi connectivity index (χ0n) is 18.2. The molecule has 2 amide bonds. The van der Waals surface area contributed by atoms with Crippen LogP contribution in [0, 0.1) is 0 Å². The first kappa shape index (κ1) is 21.3. The second kappa shape index (κ2) is 9.47. The average Bonchev–Trinajstić information content (AvgIpc) is 3.22. The minimum atomic E-state index is -0.121. The molecule has 0 bridgehead atoms. The van der Waals surface area contributed by atoms with Crippen molar-refractivity contribution in [1.29, 1.82) is 0 Å². The Morgan fingerprint density at radius 2 is 1.75 bits per heavy atom. The van der Waals surface area contributed by atoms with Crippen LogP contribution in [-0.4, -0.2) is 21.8 Å². The fraction of sp³-hybridized carbons (Fsp3) is 0.192. The van der Waals surface area contributed by atoms with Crippen molar-refractivity contribution in [2.75, 3.05) is 5.32 Å². The van der Waals surface area contributed by atoms with Gasteiger partial charge in [-0.2, -0.15) is 0 Å². The van der Waals surface area contributed by atoms with Crippen LogP contribution in [0.3, 0.4) is 0 Å². The SMILES string of the molecule is CCC(=O)Nc1ccc(Cc2nc3ccc(C(=O)N[C@@H](C)c4ccccc4)cc3[nH]2)cc1. The van der Waals surface area contributed by atoms with E-state index in [0.717, 1.165) is 33.7 Å². The van der Waals surface area contributed by atoms with Crippen molar-refractivity contribution in [2.24, 2.45) is 0 Å². The molecule has 0 aliphatic heterocycles. The first-order valence-corrected chi connectivity index (χ1v) is 10.7. The Morgan fingerprint density at radius 1 is 1.00 bits per heavy atom. The number of H-pyrrole nitrogens is 1. The first-order chi connectivity index (χ1) is 15.5. The van der Waals surface area contributed by atoms with E-state index in [0.29, 0.717) is 18.4 Å². The third-order valence-corrected chi connectivity index (χ3v) is 5.37. The molecule has 1 atom stereocenters. The average molecular weight is 427 g/mol. The van der Waals surface area contributed by atoms with Crippen molar-refractivity contribution >= 4 is 28.5 Å². The number of nitrogens with one attached hydrogen (secondary N) is 3. The topological polar surface area (TPSA) is 86.9 Å². The van der Waals surface area contributed by atoms with Gasteiger partial charge in [-0.1, -0.05) is 49.4 Å². The Morgan fingerprint density at radius 3 is 2.47 bits per heavy atom. The normalized spacial score (nSPS) is 11.8. The van der Waals surface area contributed by atoms with Gasteiger partial charge in [-0.15, -0.1) is 0 Å². The van der Waals surface area contributed by atoms with E-state index in [1.807, 2.05) is 80.6 Å². The van der Waals surface area contributed by atoms with Gasteiger partial charge in [-0.25, -0.2) is 4.98 Å². The van der Waals surface area contributed by atoms with E-state index in [2.05, 4.69) is 20.6 Å². The summed E-state index contributed by atoms with van der Waals surface area (Å²) < 4.78 is 0. The minimum absolute atomic E-state index is 0.00645. The lowest BCUT2D eigenvalue weighted by Gasteiger charge is -2.14. The lowest BCUT2D eigenvalue weighted by atomic mass is 10.1. The second-order valence-corrected chi connectivity index (χ2v) is 7.80. The van der Waals surface area contributed by atoms with Gasteiger partial charge in [0.25, 0.3) is 5.91 Å². The number of aromatic amines is 1. The highest BCUT2D eigenvalue weighted by atomic mass is 16.2. The number of fused-ring (bicyclic) bond motifs is 1. The molecule has 3 N–H and O–H groups in total. The standard InChI is InChI=1S/C26H26N4O2/c1-3-25(31)28-21-12-9-18(10-13-21)15-24-29-22-14-11-20(16-23(22)30-24)26(32)27-17(2)19-7-5-4-6-8-19/h4-14,16-17H,3,15H2,1-2H3,(H,27,32)(H,28,31)(H,29,30)/t17-/m0/s1. The Bertz CT molecular complexity index is 1230. The molecule has 6 heteroatoms. The fourth-order valence-electron chi connectivity index (χ4n) is 3.54. The van der Waals surface area contributed by atoms with Crippen LogP contribution >= 0.6 is 0 Å². The van der Waals surface area contributed by atoms with Gasteiger partial charge in [0.1, 0.15) is 5.82 Å². The van der Waals surface area contributed by atoms with Crippen LogP contribution < -0.4 is 10.6 Å². The summed E-state index contributed by atoms with van der Waals surface area (Å²) in [6, 6.07) is 23.0. The summed E-state index contributed by atoms with van der Waals surface area (Å²) in [5, 5.41) is 5.89. The summed E-state index contributed by atoms with van der Waals surface area (Å²) >= 11 is 0. The zero-order valence-corrected chi connectivity index (χ0v) is 18.2. The van der Waals surface area contributed by atoms with Crippen molar-refractivity contribution < 1.29 is 9.59 Å². The number of amides is 2. The van der Waals surface area contributed by atoms with E-state index in [9.17, 15) is 9.59 Å². The highest BCUT2D eigenvalue weighted by Gasteiger charge is 2.13. The molecular formula is C26H26N4O2. The summed E-state index contributed by atoms with van der Waals surface area (Å²) in [5.74, 6) is 0.692. The van der Waals surface area contributed by atoms with Gasteiger partial charge in [0.15, 0.2) is 0 Å². The molecule has 0 unspecified atom stereocenters. The van der Waals surface area contributed by atoms with Crippen LogP contribution in [0.2, 0.25) is 0 Å². The number of benzene rings is 3. The summed E-state index contributed by atoms with van der Waals surface area (Å²) in [7, 11) is 0. The maximum Gasteiger partial charge on any atom is 0.251 e. The van der Waals surface area contributed by atoms with Gasteiger partial charge in [0, 0.05) is 24.1 Å². The number of carbonyl (C=O) groups is 2. The summed E-state index contributed by atoms with van der Waals surface area (Å²) in [5.41, 5.74) is 5.16. The highest BCUT2D eigenvalue weighted by molar-refractivity contribution is 5.97. The first-order valence-electron chi connectivity index (χ1n) is 10.7. The molecule has 4 rings (SSSR count). The van der Waals surface area contributed by atoms with Crippen LogP contribution in [0.1, 0.15) is 53.6 Å². The molecule has 1 heterocycles. The van der Waals surface area contributed by atoms with Crippen molar-refractivity contribution in [3.8, 4) is 0 Å². The number of imidazole rings is 1. The molecule has 0 aliphatic carbocycles. The number of carbonyl (C=O) groups excluding carboxylic acids is 2. The van der Waals surface area contributed by atoms with E-state index in [1.54, 1.807) is 6.07 Å². The molecule has 0 spiro atoms. The number of hydrogen-bond acceptors (Lipinski definition) is 3. The zero-order chi connectivity index (χ0) is 22.5. The van der Waals surface area contributed by atoms with Crippen LogP contribution in [0.15, 0.2) is 72.8 Å². The van der Waals surface area contributed by atoms with E-state index in [-0.39, 0.29) is 17.9 Å². The summed E-state index contributed by atoms with van der Waals surface area (Å²) in [6.45, 7) is 3.79. The van der Waals surface area contributed by atoms with Crippen LogP contribution in [0.5, 0.6) is 0 Å². The number of hydrogen-bond donors (Lipinski definition) is 3. The molecule has 4 aromatic rings. The van der Waals surface area contributed by atoms with E-state index in [4.69, 9.17) is 0 Å². The third-order valence-electron chi connectivity index (χ3n) is 5.37. The molecular weight excluding hydrogens is 400 g/mol. The van der Waals surface area contributed by atoms with Crippen molar-refractivity contribution in [3.05, 3.63) is 95.3 Å². The second-order valence-electron chi connectivity index (χ2n) is 7.80. The number of anilines is 1. The van der Waals surface area contributed by atoms with Gasteiger partial charge in [0.2, 0.25) is 5.91 Å². The molecule has 6 nitrogen and oxygen atoms in total. The Hall–Kier alpha value is -3.93. The van der Waals surface area contributed by atoms with Gasteiger partial charge < -0.3 is 15.6 Å². The van der Waals surface area contributed by atoms with Gasteiger partial charge in [0.05, 0.1) is 17.1 Å². The monoisotopic (exact) mass is 426 g/mol. The number of nitrogens with zero attached hydrogens (tertiary/aromatic N) is 1. The highest BCUT2D eigenvalue weighted by Crippen LogP contribution is 2.18. The summed E-state index contributed by atoms with van der Waals surface area (Å²) in [6.07, 6.45) is 1.08. The Balaban J connectivity index is 1.44. The Kier molecular flexibility index (Phi) is 6.31. The lowest BCUT2D eigenvalue weighted by Crippen LogP contribution is -2.26. The van der Waals surface area contributed by atoms with E-state index in [1.165, 1.54) is 0 Å². The third kappa shape index (κ3) is 5.03. The lowest BCUT2D eigenvalue weighted by molar-refractivity contribution is -0.115. The molecule has 0 saturated carbocycles. The van der Waals surface area contributed by atoms with Crippen molar-refractivity contribution in [2.45, 2.75) is 32.7 Å². The molecule has 1 aromatic heterocycles. The van der Waals surface area contributed by atoms with Gasteiger partial charge in [-0.05, 0) is 48.4 Å². The molecule has 0 saturated heterocycles. The van der Waals surface area contributed by atoms with E-state index < -0.39 is 0 Å². The molecule has 3 aromatic carbocycles. The molecule has 0 fully saturated rings. The number of aromatic nitrogens is 2. The van der Waals surface area contributed by atoms with E-state index >= 15 is 0 Å². The van der Waals surface area contributed by atoms with Crippen LogP contribution in [0.4, 0.5) is 5.69 Å². The maximum atomic E-state index is 12.7. The Labute approximate surface area is 187 Å². The van der Waals surface area contributed by atoms with Gasteiger partial charge in [-0.3, -0.25) is 9.59 Å². The largest absolute Gasteiger partial charge is 0.346 e. The van der Waals surface area contributed by atoms with Crippen LogP contribution in [0.25, 0.3) is 11.0 Å². The van der Waals surface area contributed by atoms with Crippen LogP contribution in [-0.2, 0) is 11.2 Å². The fourth-order valence-corrected chi connectivity index (χ4v) is 3.54. The predicted molar refractivity (Wildman–Crippen MR) is 127 cm³/mol. The molecule has 32 heavy (non-hydrogen) atoms. The van der Waals surface area contributed by atoms with Crippen molar-refractivity contribution in [1.82, 2.24) is 15.3 Å². The number of rotatable bonds is 7. The summed E-state index contributed by atoms with van der Waals surface area (Å²) in [4.78, 5) is 32.2. The molecule has 0 radical (unpaired) electrons. The smallest absolute Gasteiger partial charge is 0.251 e. The van der Waals surface area contributed by atoms with Gasteiger partial charge >= 0.3 is 0 Å². The molecule has 162 valence electrons. The quantitative estimate of drug-likeness (QED) is 0.389. The minimum Gasteiger partial charge on any atom is -0.346 e. The van der Waals surface area contributed by atoms with Crippen molar-refractivity contribution in [3.63, 3.8) is 0 Å². The maximum absolute atomic E-state index is 12.7.